The summed E-state index contributed by atoms with van der Waals surface area (Å²) in [6.45, 7) is 2.72. The van der Waals surface area contributed by atoms with Crippen molar-refractivity contribution in [2.45, 2.75) is 13.5 Å². The van der Waals surface area contributed by atoms with Crippen LogP contribution >= 0.6 is 15.9 Å². The number of nitrogens with zero attached hydrogens (tertiary/aromatic N) is 1. The number of methoxy groups -OCH3 is 1. The molecule has 1 amide bonds. The number of carbonyl (C=O) groups excluding carboxylic acids is 1. The first-order valence-electron chi connectivity index (χ1n) is 10.2. The van der Waals surface area contributed by atoms with Crippen LogP contribution in [0.4, 0.5) is 5.69 Å². The van der Waals surface area contributed by atoms with E-state index in [9.17, 15) is 10.1 Å². The number of rotatable bonds is 9. The third-order valence-electron chi connectivity index (χ3n) is 4.60. The minimum atomic E-state index is -0.507. The molecule has 0 atom stereocenters. The van der Waals surface area contributed by atoms with Crippen LogP contribution in [0.5, 0.6) is 17.2 Å². The van der Waals surface area contributed by atoms with Crippen LogP contribution in [0.1, 0.15) is 18.1 Å². The van der Waals surface area contributed by atoms with E-state index in [2.05, 4.69) is 21.2 Å². The van der Waals surface area contributed by atoms with Gasteiger partial charge in [-0.25, -0.2) is 0 Å². The molecule has 0 bridgehead atoms. The van der Waals surface area contributed by atoms with Gasteiger partial charge < -0.3 is 19.5 Å². The lowest BCUT2D eigenvalue weighted by molar-refractivity contribution is -0.112. The average Bonchev–Trinajstić information content (AvgIpc) is 2.83. The highest BCUT2D eigenvalue weighted by molar-refractivity contribution is 9.10. The van der Waals surface area contributed by atoms with E-state index in [4.69, 9.17) is 14.2 Å². The first-order chi connectivity index (χ1) is 16.0. The summed E-state index contributed by atoms with van der Waals surface area (Å²) >= 11 is 3.40. The van der Waals surface area contributed by atoms with Crippen molar-refractivity contribution >= 4 is 33.6 Å². The Labute approximate surface area is 201 Å². The second-order valence-electron chi connectivity index (χ2n) is 6.90. The van der Waals surface area contributed by atoms with Crippen molar-refractivity contribution < 1.29 is 19.0 Å². The molecular weight excluding hydrogens is 484 g/mol. The molecule has 3 aromatic rings. The highest BCUT2D eigenvalue weighted by Gasteiger charge is 2.12. The molecule has 6 nitrogen and oxygen atoms in total. The number of anilines is 1. The first kappa shape index (κ1) is 23.9. The maximum atomic E-state index is 12.6. The quantitative estimate of drug-likeness (QED) is 0.285. The van der Waals surface area contributed by atoms with Gasteiger partial charge in [0.15, 0.2) is 0 Å². The Bertz CT molecular complexity index is 1180. The molecule has 33 heavy (non-hydrogen) atoms. The molecule has 1 N–H and O–H groups in total. The number of halogens is 1. The Morgan fingerprint density at radius 1 is 1.06 bits per heavy atom. The number of hydrogen-bond donors (Lipinski definition) is 1. The van der Waals surface area contributed by atoms with E-state index in [-0.39, 0.29) is 5.57 Å². The lowest BCUT2D eigenvalue weighted by Crippen LogP contribution is -2.13. The van der Waals surface area contributed by atoms with Crippen molar-refractivity contribution in [3.05, 3.63) is 87.9 Å². The maximum absolute atomic E-state index is 12.6. The second-order valence-corrected chi connectivity index (χ2v) is 7.81. The number of hydrogen-bond acceptors (Lipinski definition) is 5. The number of ether oxygens (including phenoxy) is 3. The molecule has 3 rings (SSSR count). The molecule has 0 unspecified atom stereocenters. The van der Waals surface area contributed by atoms with Crippen LogP contribution in [0.2, 0.25) is 0 Å². The predicted octanol–water partition coefficient (Wildman–Crippen LogP) is 5.98. The number of nitriles is 1. The molecule has 0 heterocycles. The van der Waals surface area contributed by atoms with Crippen LogP contribution in [0.15, 0.2) is 76.8 Å². The summed E-state index contributed by atoms with van der Waals surface area (Å²) < 4.78 is 17.7. The molecule has 0 fully saturated rings. The molecule has 0 saturated carbocycles. The number of nitrogens with one attached hydrogen (secondary N) is 1. The van der Waals surface area contributed by atoms with Crippen LogP contribution in [0, 0.1) is 11.3 Å². The van der Waals surface area contributed by atoms with Crippen molar-refractivity contribution in [3.63, 3.8) is 0 Å². The summed E-state index contributed by atoms with van der Waals surface area (Å²) in [5, 5.41) is 12.3. The summed E-state index contributed by atoms with van der Waals surface area (Å²) in [6.07, 6.45) is 1.52. The largest absolute Gasteiger partial charge is 0.496 e. The Morgan fingerprint density at radius 3 is 2.55 bits per heavy atom. The smallest absolute Gasteiger partial charge is 0.266 e. The number of carbonyl (C=O) groups is 1. The van der Waals surface area contributed by atoms with Gasteiger partial charge in [0.25, 0.3) is 5.91 Å². The third kappa shape index (κ3) is 6.86. The van der Waals surface area contributed by atoms with Gasteiger partial charge in [0.1, 0.15) is 35.5 Å². The zero-order valence-corrected chi connectivity index (χ0v) is 19.9. The Morgan fingerprint density at radius 2 is 1.85 bits per heavy atom. The lowest BCUT2D eigenvalue weighted by atomic mass is 10.1. The maximum Gasteiger partial charge on any atom is 0.266 e. The van der Waals surface area contributed by atoms with Crippen molar-refractivity contribution in [2.75, 3.05) is 19.0 Å². The first-order valence-corrected chi connectivity index (χ1v) is 11.0. The summed E-state index contributed by atoms with van der Waals surface area (Å²) in [6, 6.07) is 22.0. The van der Waals surface area contributed by atoms with E-state index in [0.717, 1.165) is 15.8 Å². The van der Waals surface area contributed by atoms with Gasteiger partial charge >= 0.3 is 0 Å². The Hall–Kier alpha value is -3.76. The monoisotopic (exact) mass is 506 g/mol. The van der Waals surface area contributed by atoms with Crippen molar-refractivity contribution in [1.29, 1.82) is 5.26 Å². The van der Waals surface area contributed by atoms with Gasteiger partial charge in [0, 0.05) is 21.8 Å². The van der Waals surface area contributed by atoms with Crippen LogP contribution in [-0.2, 0) is 11.4 Å². The minimum Gasteiger partial charge on any atom is -0.496 e. The standard InChI is InChI=1S/C26H23BrN2O4/c1-3-32-24-6-4-5-22(15-24)29-26(30)20(16-28)13-18-7-8-19(25(14-18)31-2)17-33-23-11-9-21(27)10-12-23/h4-15H,3,17H2,1-2H3,(H,29,30). The number of amides is 1. The molecule has 0 aliphatic carbocycles. The second kappa shape index (κ2) is 11.7. The van der Waals surface area contributed by atoms with Crippen molar-refractivity contribution in [2.24, 2.45) is 0 Å². The third-order valence-corrected chi connectivity index (χ3v) is 5.13. The van der Waals surface area contributed by atoms with Gasteiger partial charge in [-0.15, -0.1) is 0 Å². The van der Waals surface area contributed by atoms with Crippen LogP contribution < -0.4 is 19.5 Å². The van der Waals surface area contributed by atoms with Gasteiger partial charge in [-0.1, -0.05) is 34.1 Å². The van der Waals surface area contributed by atoms with Crippen molar-refractivity contribution in [3.8, 4) is 23.3 Å². The fourth-order valence-corrected chi connectivity index (χ4v) is 3.27. The van der Waals surface area contributed by atoms with Gasteiger partial charge in [0.05, 0.1) is 13.7 Å². The van der Waals surface area contributed by atoms with E-state index >= 15 is 0 Å². The summed E-state index contributed by atoms with van der Waals surface area (Å²) in [5.41, 5.74) is 2.02. The molecule has 7 heteroatoms. The van der Waals surface area contributed by atoms with Crippen molar-refractivity contribution in [1.82, 2.24) is 0 Å². The van der Waals surface area contributed by atoms with E-state index in [1.165, 1.54) is 6.08 Å². The highest BCUT2D eigenvalue weighted by atomic mass is 79.9. The lowest BCUT2D eigenvalue weighted by Gasteiger charge is -2.11. The zero-order chi connectivity index (χ0) is 23.6. The van der Waals surface area contributed by atoms with Crippen LogP contribution in [0.3, 0.4) is 0 Å². The van der Waals surface area contributed by atoms with Gasteiger partial charge in [-0.3, -0.25) is 4.79 Å². The van der Waals surface area contributed by atoms with Gasteiger partial charge in [-0.2, -0.15) is 5.26 Å². The van der Waals surface area contributed by atoms with E-state index in [1.807, 2.05) is 49.4 Å². The molecule has 0 aliphatic heterocycles. The van der Waals surface area contributed by atoms with E-state index < -0.39 is 5.91 Å². The number of benzene rings is 3. The highest BCUT2D eigenvalue weighted by Crippen LogP contribution is 2.25. The molecular formula is C26H23BrN2O4. The Kier molecular flexibility index (Phi) is 8.50. The summed E-state index contributed by atoms with van der Waals surface area (Å²) in [4.78, 5) is 12.6. The van der Waals surface area contributed by atoms with E-state index in [1.54, 1.807) is 37.4 Å². The topological polar surface area (TPSA) is 80.6 Å². The molecule has 3 aromatic carbocycles. The van der Waals surface area contributed by atoms with Gasteiger partial charge in [0.2, 0.25) is 0 Å². The molecule has 0 saturated heterocycles. The fourth-order valence-electron chi connectivity index (χ4n) is 3.01. The summed E-state index contributed by atoms with van der Waals surface area (Å²) in [5.74, 6) is 1.47. The Balaban J connectivity index is 1.73. The minimum absolute atomic E-state index is 0.0299. The SMILES string of the molecule is CCOc1cccc(NC(=O)C(C#N)=Cc2ccc(COc3ccc(Br)cc3)c(OC)c2)c1. The normalized spacial score (nSPS) is 10.8. The fraction of sp³-hybridized carbons (Fsp3) is 0.154. The molecule has 0 aliphatic rings. The van der Waals surface area contributed by atoms with E-state index in [0.29, 0.717) is 36.0 Å². The molecule has 0 radical (unpaired) electrons. The van der Waals surface area contributed by atoms with Gasteiger partial charge in [-0.05, 0) is 61.0 Å². The van der Waals surface area contributed by atoms with Crippen LogP contribution in [-0.4, -0.2) is 19.6 Å². The van der Waals surface area contributed by atoms with Crippen LogP contribution in [0.25, 0.3) is 6.08 Å². The molecule has 0 spiro atoms. The molecule has 168 valence electrons. The predicted molar refractivity (Wildman–Crippen MR) is 131 cm³/mol. The zero-order valence-electron chi connectivity index (χ0n) is 18.3. The summed E-state index contributed by atoms with van der Waals surface area (Å²) in [7, 11) is 1.56. The average molecular weight is 507 g/mol. The molecule has 0 aromatic heterocycles.